The van der Waals surface area contributed by atoms with Crippen LogP contribution in [0.15, 0.2) is 77.3 Å². The summed E-state index contributed by atoms with van der Waals surface area (Å²) in [6.45, 7) is 1.78. The van der Waals surface area contributed by atoms with Crippen molar-refractivity contribution in [3.63, 3.8) is 0 Å². The van der Waals surface area contributed by atoms with Crippen molar-refractivity contribution in [1.29, 1.82) is 0 Å². The van der Waals surface area contributed by atoms with Crippen molar-refractivity contribution in [2.45, 2.75) is 50.5 Å². The van der Waals surface area contributed by atoms with Crippen LogP contribution in [0.25, 0.3) is 22.5 Å². The van der Waals surface area contributed by atoms with Gasteiger partial charge in [0.1, 0.15) is 17.5 Å². The highest BCUT2D eigenvalue weighted by Gasteiger charge is 2.51. The number of aliphatic carboxylic acids is 1. The van der Waals surface area contributed by atoms with Gasteiger partial charge >= 0.3 is 12.1 Å². The van der Waals surface area contributed by atoms with Gasteiger partial charge in [-0.25, -0.2) is 4.79 Å². The van der Waals surface area contributed by atoms with Gasteiger partial charge in [-0.15, -0.1) is 0 Å². The molecule has 1 fully saturated rings. The number of nitrogens with zero attached hydrogens (tertiary/aromatic N) is 1. The van der Waals surface area contributed by atoms with E-state index in [2.05, 4.69) is 16.5 Å². The Kier molecular flexibility index (Phi) is 5.98. The van der Waals surface area contributed by atoms with Gasteiger partial charge in [0.2, 0.25) is 0 Å². The van der Waals surface area contributed by atoms with Crippen molar-refractivity contribution >= 4 is 17.7 Å². The van der Waals surface area contributed by atoms with Crippen LogP contribution in [-0.2, 0) is 21.4 Å². The van der Waals surface area contributed by atoms with E-state index >= 15 is 0 Å². The molecule has 7 heteroatoms. The molecule has 1 heterocycles. The maximum atomic E-state index is 12.9. The van der Waals surface area contributed by atoms with E-state index in [1.54, 1.807) is 6.92 Å². The Hall–Kier alpha value is -4.39. The van der Waals surface area contributed by atoms with Gasteiger partial charge < -0.3 is 14.4 Å². The number of hydrogen-bond donors (Lipinski definition) is 2. The third kappa shape index (κ3) is 4.34. The first-order valence-corrected chi connectivity index (χ1v) is 12.9. The summed E-state index contributed by atoms with van der Waals surface area (Å²) in [7, 11) is 0. The number of ether oxygens (including phenoxy) is 1. The number of carbonyl (C=O) groups is 2. The molecule has 7 nitrogen and oxygen atoms in total. The monoisotopic (exact) mass is 508 g/mol. The normalized spacial score (nSPS) is 17.3. The standard InChI is InChI=1S/C31H28N2O5/c1-19-27(32-30(36)37-26-8-4-6-22-5-2-3-7-25(22)26)28(38-33-19)23-11-9-20(10-12-23)21-13-15-24(16-14-21)31(17-18-31)29(34)35/h2-3,5,7,9-16,26H,4,6,8,17-18H2,1H3,(H,32,36)(H,34,35). The molecule has 1 aromatic heterocycles. The number of amides is 1. The molecule has 2 N–H and O–H groups in total. The second kappa shape index (κ2) is 9.49. The van der Waals surface area contributed by atoms with Crippen LogP contribution in [-0.4, -0.2) is 22.3 Å². The fraction of sp³-hybridized carbons (Fsp3) is 0.258. The zero-order chi connectivity index (χ0) is 26.3. The summed E-state index contributed by atoms with van der Waals surface area (Å²) >= 11 is 0. The first kappa shape index (κ1) is 24.0. The molecule has 3 aromatic carbocycles. The molecule has 1 saturated carbocycles. The average molecular weight is 509 g/mol. The number of hydrogen-bond acceptors (Lipinski definition) is 5. The minimum absolute atomic E-state index is 0.278. The highest BCUT2D eigenvalue weighted by molar-refractivity contribution is 5.91. The Morgan fingerprint density at radius 1 is 0.974 bits per heavy atom. The Morgan fingerprint density at radius 2 is 1.63 bits per heavy atom. The number of aryl methyl sites for hydroxylation is 2. The lowest BCUT2D eigenvalue weighted by Crippen LogP contribution is -2.21. The lowest BCUT2D eigenvalue weighted by molar-refractivity contribution is -0.140. The van der Waals surface area contributed by atoms with Crippen molar-refractivity contribution in [3.8, 4) is 22.5 Å². The summed E-state index contributed by atoms with van der Waals surface area (Å²) in [5.41, 5.74) is 6.22. The number of rotatable bonds is 6. The molecule has 1 unspecified atom stereocenters. The molecule has 0 radical (unpaired) electrons. The molecule has 0 saturated heterocycles. The van der Waals surface area contributed by atoms with Gasteiger partial charge in [-0.05, 0) is 66.8 Å². The zero-order valence-electron chi connectivity index (χ0n) is 21.1. The quantitative estimate of drug-likeness (QED) is 0.289. The molecule has 1 amide bonds. The number of aromatic nitrogens is 1. The molecule has 192 valence electrons. The number of benzene rings is 3. The Labute approximate surface area is 220 Å². The topological polar surface area (TPSA) is 102 Å². The molecule has 38 heavy (non-hydrogen) atoms. The van der Waals surface area contributed by atoms with Gasteiger partial charge in [-0.3, -0.25) is 10.1 Å². The fourth-order valence-corrected chi connectivity index (χ4v) is 5.35. The minimum atomic E-state index is -0.756. The van der Waals surface area contributed by atoms with Crippen LogP contribution >= 0.6 is 0 Å². The van der Waals surface area contributed by atoms with Crippen LogP contribution in [0.3, 0.4) is 0 Å². The predicted molar refractivity (Wildman–Crippen MR) is 143 cm³/mol. The Morgan fingerprint density at radius 3 is 2.32 bits per heavy atom. The van der Waals surface area contributed by atoms with E-state index in [0.29, 0.717) is 30.0 Å². The van der Waals surface area contributed by atoms with E-state index in [4.69, 9.17) is 9.26 Å². The van der Waals surface area contributed by atoms with Crippen molar-refractivity contribution in [2.75, 3.05) is 5.32 Å². The number of nitrogens with one attached hydrogen (secondary N) is 1. The highest BCUT2D eigenvalue weighted by Crippen LogP contribution is 2.48. The first-order chi connectivity index (χ1) is 18.4. The number of carboxylic acid groups (broad SMARTS) is 1. The largest absolute Gasteiger partial charge is 0.481 e. The third-order valence-corrected chi connectivity index (χ3v) is 7.73. The maximum absolute atomic E-state index is 12.9. The molecule has 6 rings (SSSR count). The second-order valence-electron chi connectivity index (χ2n) is 10.1. The minimum Gasteiger partial charge on any atom is -0.481 e. The highest BCUT2D eigenvalue weighted by atomic mass is 16.6. The molecule has 0 bridgehead atoms. The van der Waals surface area contributed by atoms with Gasteiger partial charge in [0.05, 0.1) is 5.41 Å². The summed E-state index contributed by atoms with van der Waals surface area (Å²) in [5.74, 6) is -0.295. The van der Waals surface area contributed by atoms with E-state index in [1.807, 2.05) is 66.7 Å². The number of carbonyl (C=O) groups excluding carboxylic acids is 1. The summed E-state index contributed by atoms with van der Waals surface area (Å²) in [5, 5.41) is 16.5. The molecular formula is C31H28N2O5. The number of anilines is 1. The average Bonchev–Trinajstić information content (AvgIpc) is 3.68. The van der Waals surface area contributed by atoms with Gasteiger partial charge in [0, 0.05) is 5.56 Å². The molecule has 2 aliphatic rings. The van der Waals surface area contributed by atoms with Crippen molar-refractivity contribution in [1.82, 2.24) is 5.16 Å². The van der Waals surface area contributed by atoms with E-state index in [9.17, 15) is 14.7 Å². The molecule has 2 aliphatic carbocycles. The Balaban J connectivity index is 1.17. The van der Waals surface area contributed by atoms with Crippen molar-refractivity contribution in [2.24, 2.45) is 0 Å². The summed E-state index contributed by atoms with van der Waals surface area (Å²) in [6, 6.07) is 23.6. The predicted octanol–water partition coefficient (Wildman–Crippen LogP) is 7.06. The summed E-state index contributed by atoms with van der Waals surface area (Å²) < 4.78 is 11.4. The lowest BCUT2D eigenvalue weighted by Gasteiger charge is -2.25. The molecule has 0 aliphatic heterocycles. The van der Waals surface area contributed by atoms with Crippen LogP contribution in [0.2, 0.25) is 0 Å². The van der Waals surface area contributed by atoms with Gasteiger partial charge in [-0.1, -0.05) is 78.0 Å². The smallest absolute Gasteiger partial charge is 0.412 e. The SMILES string of the molecule is Cc1noc(-c2ccc(-c3ccc(C4(C(=O)O)CC4)cc3)cc2)c1NC(=O)OC1CCCc2ccccc21. The maximum Gasteiger partial charge on any atom is 0.412 e. The molecular weight excluding hydrogens is 480 g/mol. The van der Waals surface area contributed by atoms with Crippen LogP contribution < -0.4 is 5.32 Å². The second-order valence-corrected chi connectivity index (χ2v) is 10.1. The molecule has 1 atom stereocenters. The number of carboxylic acids is 1. The van der Waals surface area contributed by atoms with Crippen molar-refractivity contribution < 1.29 is 24.0 Å². The van der Waals surface area contributed by atoms with Crippen LogP contribution in [0.5, 0.6) is 0 Å². The van der Waals surface area contributed by atoms with Gasteiger partial charge in [0.15, 0.2) is 5.76 Å². The first-order valence-electron chi connectivity index (χ1n) is 12.9. The lowest BCUT2D eigenvalue weighted by atomic mass is 9.89. The van der Waals surface area contributed by atoms with Crippen LogP contribution in [0.1, 0.15) is 54.2 Å². The number of fused-ring (bicyclic) bond motifs is 1. The third-order valence-electron chi connectivity index (χ3n) is 7.73. The molecule has 4 aromatic rings. The zero-order valence-corrected chi connectivity index (χ0v) is 21.1. The molecule has 0 spiro atoms. The van der Waals surface area contributed by atoms with E-state index in [1.165, 1.54) is 5.56 Å². The fourth-order valence-electron chi connectivity index (χ4n) is 5.35. The van der Waals surface area contributed by atoms with Crippen LogP contribution in [0, 0.1) is 6.92 Å². The van der Waals surface area contributed by atoms with E-state index in [-0.39, 0.29) is 6.10 Å². The Bertz CT molecular complexity index is 1500. The van der Waals surface area contributed by atoms with Gasteiger partial charge in [0.25, 0.3) is 0 Å². The van der Waals surface area contributed by atoms with E-state index < -0.39 is 17.5 Å². The van der Waals surface area contributed by atoms with Crippen LogP contribution in [0.4, 0.5) is 10.5 Å². The summed E-state index contributed by atoms with van der Waals surface area (Å²) in [4.78, 5) is 24.5. The van der Waals surface area contributed by atoms with E-state index in [0.717, 1.165) is 47.1 Å². The van der Waals surface area contributed by atoms with Gasteiger partial charge in [-0.2, -0.15) is 0 Å². The summed E-state index contributed by atoms with van der Waals surface area (Å²) in [6.07, 6.45) is 3.32. The van der Waals surface area contributed by atoms with Crippen molar-refractivity contribution in [3.05, 3.63) is 95.2 Å².